The molecule has 24 atom stereocenters. The van der Waals surface area contributed by atoms with Gasteiger partial charge in [-0.25, -0.2) is 82.3 Å². The largest absolute Gasteiger partial charge is 0.490 e. The Hall–Kier alpha value is -3.70. The number of alkyl halides is 3. The van der Waals surface area contributed by atoms with Crippen molar-refractivity contribution >= 4 is 135 Å². The third-order valence-electron chi connectivity index (χ3n) is 15.0. The van der Waals surface area contributed by atoms with E-state index in [0.29, 0.717) is 43.4 Å². The van der Waals surface area contributed by atoms with E-state index in [4.69, 9.17) is 112 Å². The first kappa shape index (κ1) is 111. The maximum Gasteiger partial charge on any atom is 0.490 e. The molecule has 0 saturated carbocycles. The van der Waals surface area contributed by atoms with Gasteiger partial charge in [0.05, 0.1) is 45.0 Å². The number of phosphoric acid groups is 12. The number of aromatic amines is 1. The molecular formula is C41H65Cl2F5N10O54P12. The van der Waals surface area contributed by atoms with Gasteiger partial charge in [-0.1, -0.05) is 6.58 Å². The Kier molecular flexibility index (Phi) is 35.7. The number of H-pyrrole nitrogens is 1. The molecule has 8 rings (SSSR count). The van der Waals surface area contributed by atoms with E-state index in [-0.39, 0.29) is 5.82 Å². The number of rotatable bonds is 32. The zero-order valence-corrected chi connectivity index (χ0v) is 72.7. The molecule has 0 spiro atoms. The van der Waals surface area contributed by atoms with Crippen molar-refractivity contribution in [3.63, 3.8) is 0 Å². The number of aromatic nitrogens is 6. The first-order chi connectivity index (χ1) is 55.4. The van der Waals surface area contributed by atoms with Crippen LogP contribution in [-0.2, 0) is 131 Å². The number of hydrogen-bond donors (Lipinski definition) is 25. The first-order valence-electron chi connectivity index (χ1n) is 30.9. The molecule has 3 aromatic heterocycles. The standard InChI is InChI=1S/C11H17F2N2O13P3.C10H16ClFN3O13P3.C10H15ClFN2O14P3.C10H17FN3O14P3/c1-5-14-9(17)6(12)3-15(5)10-11(2,13)8(16)7(26-10)4-25-30(21,22)28-31(23,24)27-29(18,19)20;1-10(11)6(16)5(26-8(10)15-2-4(12)7(13)14-9(15)17)3-25-30(21,22)28-31(23,24)27-29(18,19)20;1-10(11)6(15)5(26-8(10)14-2-4(12)7(16)13-9(14)17)3-25-30(21,22)28-31(23,24)27-29(18,19)20;1-10(17)6(15)5(26-8(10)14-2-4(11)7(12)13-9(14)16)3-25-30(21,22)28-31(23,24)27-29(18,19)20/h3,7-8,10,16H,1,4H2,2H3,(H,14,17)(H,21,22)(H,23,24)(H2,18,19,20);2,5-6,8,16H,3H2,1H3,(H,21,22)(H,23,24)(H2,13,14,17)(H2,18,19,20);2,5-6,8,15H,3H2,1H3,(H,21,22)(H,23,24)(H,13,16,17)(H2,18,19,20);2,5-6,8,15,17H,3H2,1H3,(H,21,22)(H,23,24)(H2,12,13,16)(H2,18,19,20)/t7-,8-,10-,11-;3*5-,6-,8-,10-/m1111/s1. The van der Waals surface area contributed by atoms with E-state index in [1.807, 2.05) is 5.32 Å². The van der Waals surface area contributed by atoms with Gasteiger partial charge in [0.25, 0.3) is 11.5 Å². The van der Waals surface area contributed by atoms with E-state index in [2.05, 4.69) is 69.1 Å². The predicted molar refractivity (Wildman–Crippen MR) is 378 cm³/mol. The van der Waals surface area contributed by atoms with Crippen LogP contribution in [0, 0.1) is 17.5 Å². The average molecular weight is 2100 g/mol. The van der Waals surface area contributed by atoms with Crippen LogP contribution in [0.2, 0.25) is 0 Å². The lowest BCUT2D eigenvalue weighted by Gasteiger charge is -2.36. The number of ether oxygens (including phenoxy) is 4. The highest BCUT2D eigenvalue weighted by atomic mass is 35.5. The van der Waals surface area contributed by atoms with Crippen LogP contribution in [0.5, 0.6) is 0 Å². The molecule has 124 heavy (non-hydrogen) atoms. The minimum absolute atomic E-state index is 0.319. The smallest absolute Gasteiger partial charge is 0.388 e. The summed E-state index contributed by atoms with van der Waals surface area (Å²) in [5, 5.41) is 53.3. The predicted octanol–water partition coefficient (Wildman–Crippen LogP) is -2.99. The number of halogens is 7. The number of nitrogens with zero attached hydrogens (tertiary/aromatic N) is 6. The minimum Gasteiger partial charge on any atom is -0.388 e. The summed E-state index contributed by atoms with van der Waals surface area (Å²) in [4.78, 5) is 205. The number of aliphatic hydroxyl groups excluding tert-OH is 4. The van der Waals surface area contributed by atoms with Crippen molar-refractivity contribution < 1.29 is 257 Å². The molecule has 0 bridgehead atoms. The van der Waals surface area contributed by atoms with Gasteiger partial charge in [0, 0.05) is 6.20 Å². The summed E-state index contributed by atoms with van der Waals surface area (Å²) in [6, 6.07) is 0. The molecule has 5 aliphatic heterocycles. The second-order valence-corrected chi connectivity index (χ2v) is 44.2. The number of nitrogen functional groups attached to an aromatic ring is 2. The van der Waals surface area contributed by atoms with Crippen LogP contribution in [0.4, 0.5) is 33.6 Å². The Morgan fingerprint density at radius 1 is 0.452 bits per heavy atom. The van der Waals surface area contributed by atoms with Crippen LogP contribution in [0.15, 0.2) is 62.2 Å². The summed E-state index contributed by atoms with van der Waals surface area (Å²) >= 11 is 12.3. The topological polar surface area (TPSA) is 986 Å². The number of carbonyl (C=O) groups excluding carboxylic acids is 1. The van der Waals surface area contributed by atoms with E-state index in [1.54, 1.807) is 4.98 Å². The number of amides is 1. The maximum absolute atomic E-state index is 15.0. The lowest BCUT2D eigenvalue weighted by molar-refractivity contribution is -0.122. The second kappa shape index (κ2) is 40.0. The Labute approximate surface area is 690 Å². The lowest BCUT2D eigenvalue weighted by Crippen LogP contribution is -2.51. The number of nitrogens with two attached hydrogens (primary N) is 2. The first-order valence-corrected chi connectivity index (χ1v) is 49.7. The molecule has 0 radical (unpaired) electrons. The van der Waals surface area contributed by atoms with E-state index < -0.39 is 279 Å². The van der Waals surface area contributed by atoms with Gasteiger partial charge in [-0.15, -0.1) is 23.2 Å². The number of carbonyl (C=O) groups is 1. The van der Waals surface area contributed by atoms with E-state index in [1.165, 1.54) is 6.92 Å². The summed E-state index contributed by atoms with van der Waals surface area (Å²) in [7, 11) is -67.6. The number of anilines is 2. The van der Waals surface area contributed by atoms with Gasteiger partial charge < -0.3 is 144 Å². The monoisotopic (exact) mass is 2100 g/mol. The molecule has 5 aliphatic rings. The summed E-state index contributed by atoms with van der Waals surface area (Å²) in [5.41, 5.74) is 0.556. The van der Waals surface area contributed by atoms with Crippen LogP contribution in [0.25, 0.3) is 0 Å². The number of aliphatic hydroxyl groups is 5. The van der Waals surface area contributed by atoms with Crippen LogP contribution >= 0.6 is 117 Å². The van der Waals surface area contributed by atoms with E-state index in [0.717, 1.165) is 20.8 Å². The van der Waals surface area contributed by atoms with Gasteiger partial charge in [-0.3, -0.25) is 46.4 Å². The third-order valence-corrected chi connectivity index (χ3v) is 31.1. The van der Waals surface area contributed by atoms with Crippen molar-refractivity contribution in [1.29, 1.82) is 0 Å². The average Bonchev–Trinajstić information content (AvgIpc) is 1.62. The highest BCUT2D eigenvalue weighted by Crippen LogP contribution is 2.70. The van der Waals surface area contributed by atoms with Gasteiger partial charge in [0.15, 0.2) is 53.9 Å². The fourth-order valence-corrected chi connectivity index (χ4v) is 22.6. The van der Waals surface area contributed by atoms with E-state index >= 15 is 4.39 Å². The molecule has 27 N–H and O–H groups in total. The Morgan fingerprint density at radius 2 is 0.734 bits per heavy atom. The fourth-order valence-electron chi connectivity index (χ4n) is 9.92. The molecular weight excluding hydrogens is 2030 g/mol. The molecule has 3 aromatic rings. The Balaban J connectivity index is 0.000000294. The summed E-state index contributed by atoms with van der Waals surface area (Å²) in [6.45, 7) is 3.07. The third kappa shape index (κ3) is 31.2. The van der Waals surface area contributed by atoms with Crippen LogP contribution in [0.3, 0.4) is 0 Å². The van der Waals surface area contributed by atoms with Crippen molar-refractivity contribution in [3.8, 4) is 0 Å². The van der Waals surface area contributed by atoms with Gasteiger partial charge in [-0.2, -0.15) is 53.2 Å². The van der Waals surface area contributed by atoms with Crippen molar-refractivity contribution in [2.75, 3.05) is 37.9 Å². The Morgan fingerprint density at radius 3 is 1.06 bits per heavy atom. The van der Waals surface area contributed by atoms with Crippen LogP contribution < -0.4 is 39.4 Å². The zero-order valence-electron chi connectivity index (χ0n) is 60.5. The van der Waals surface area contributed by atoms with E-state index in [9.17, 15) is 141 Å². The minimum atomic E-state index is -5.78. The molecule has 8 unspecified atom stereocenters. The Bertz CT molecular complexity index is 5250. The molecule has 8 heterocycles. The van der Waals surface area contributed by atoms with Crippen LogP contribution in [-0.4, -0.2) is 246 Å². The molecule has 712 valence electrons. The van der Waals surface area contributed by atoms with Gasteiger partial charge in [-0.05, 0) is 27.7 Å². The second-order valence-electron chi connectivity index (χ2n) is 24.9. The number of phosphoric ester groups is 4. The highest BCUT2D eigenvalue weighted by molar-refractivity contribution is 7.68. The highest BCUT2D eigenvalue weighted by Gasteiger charge is 2.60. The SMILES string of the molecule is C=C1NC(=O)C(F)=CN1[C@@H]1O[C@H](COP(=O)(O)OP(=O)(O)OP(=O)(O)O)[C@@H](O)[C@@]1(C)F.C[C@@]1(Cl)[C@H](O)[C@@H](COP(=O)(O)OP(=O)(O)OP(=O)(O)O)O[C@H]1n1cc(F)c(=O)[nH]c1=O.C[C@@]1(Cl)[C@H](O)[C@@H](COP(=O)(O)OP(=O)(O)OP(=O)(O)O)O[C@H]1n1cc(F)c(N)nc1=O.C[C@@]1(O)[C@H](O)[C@@H](COP(=O)(O)OP(=O)(O)OP(=O)(O)O)O[C@H]1n1cc(F)c(N)nc1=O. The van der Waals surface area contributed by atoms with Crippen molar-refractivity contribution in [3.05, 3.63) is 102 Å². The number of nitrogens with one attached hydrogen (secondary N) is 2. The molecule has 64 nitrogen and oxygen atoms in total. The van der Waals surface area contributed by atoms with Gasteiger partial charge >= 0.3 is 111 Å². The fraction of sp³-hybridized carbons (Fsp3) is 0.585. The molecule has 4 saturated heterocycles. The zero-order chi connectivity index (χ0) is 96.0. The van der Waals surface area contributed by atoms with Crippen LogP contribution in [0.1, 0.15) is 46.4 Å². The molecule has 0 aliphatic carbocycles. The summed E-state index contributed by atoms with van der Waals surface area (Å²) in [5.74, 6) is -7.93. The summed E-state index contributed by atoms with van der Waals surface area (Å²) < 4.78 is 272. The van der Waals surface area contributed by atoms with Crippen molar-refractivity contribution in [2.45, 2.75) is 122 Å². The van der Waals surface area contributed by atoms with Gasteiger partial charge in [0.1, 0.15) is 70.0 Å². The summed E-state index contributed by atoms with van der Waals surface area (Å²) in [6.07, 6.45) is -18.8. The van der Waals surface area contributed by atoms with Crippen molar-refractivity contribution in [2.24, 2.45) is 0 Å². The quantitative estimate of drug-likeness (QED) is 0.0168. The normalized spacial score (nSPS) is 31.4. The maximum atomic E-state index is 15.0. The van der Waals surface area contributed by atoms with Gasteiger partial charge in [0.2, 0.25) is 11.6 Å². The molecule has 0 aromatic carbocycles. The lowest BCUT2D eigenvalue weighted by atomic mass is 9.96. The molecule has 1 amide bonds. The molecule has 4 fully saturated rings. The molecule has 83 heteroatoms. The van der Waals surface area contributed by atoms with Crippen molar-refractivity contribution in [1.82, 2.24) is 38.9 Å². The number of hydrogen-bond acceptors (Lipinski definition) is 43.